The van der Waals surface area contributed by atoms with Gasteiger partial charge in [0, 0.05) is 5.56 Å². The number of esters is 1. The summed E-state index contributed by atoms with van der Waals surface area (Å²) in [5.74, 6) is -2.19. The summed E-state index contributed by atoms with van der Waals surface area (Å²) in [5, 5.41) is 0. The highest BCUT2D eigenvalue weighted by Gasteiger charge is 2.28. The van der Waals surface area contributed by atoms with Crippen molar-refractivity contribution in [1.82, 2.24) is 0 Å². The van der Waals surface area contributed by atoms with E-state index in [4.69, 9.17) is 9.47 Å². The molecule has 0 atom stereocenters. The highest BCUT2D eigenvalue weighted by Crippen LogP contribution is 2.33. The molecular formula is C30H34F4O3. The van der Waals surface area contributed by atoms with Crippen molar-refractivity contribution in [3.05, 3.63) is 58.7 Å². The van der Waals surface area contributed by atoms with Gasteiger partial charge in [0.2, 0.25) is 11.6 Å². The normalized spacial score (nSPS) is 17.1. The van der Waals surface area contributed by atoms with Gasteiger partial charge in [-0.15, -0.1) is 0 Å². The van der Waals surface area contributed by atoms with Crippen molar-refractivity contribution >= 4 is 5.97 Å². The zero-order valence-electron chi connectivity index (χ0n) is 21.5. The first-order valence-corrected chi connectivity index (χ1v) is 13.2. The molecule has 2 aromatic rings. The van der Waals surface area contributed by atoms with Crippen LogP contribution in [-0.4, -0.2) is 12.6 Å². The molecule has 1 aliphatic carbocycles. The van der Waals surface area contributed by atoms with Crippen LogP contribution in [0.3, 0.4) is 0 Å². The third kappa shape index (κ3) is 7.74. The van der Waals surface area contributed by atoms with E-state index in [1.54, 1.807) is 0 Å². The Morgan fingerprint density at radius 1 is 0.838 bits per heavy atom. The van der Waals surface area contributed by atoms with Gasteiger partial charge in [-0.3, -0.25) is 4.79 Å². The maximum Gasteiger partial charge on any atom is 0.314 e. The van der Waals surface area contributed by atoms with Crippen LogP contribution in [0.5, 0.6) is 11.5 Å². The maximum atomic E-state index is 14.4. The predicted octanol–water partition coefficient (Wildman–Crippen LogP) is 8.11. The Balaban J connectivity index is 1.62. The maximum absolute atomic E-state index is 14.4. The first-order chi connectivity index (χ1) is 17.8. The van der Waals surface area contributed by atoms with E-state index in [0.29, 0.717) is 23.7 Å². The van der Waals surface area contributed by atoms with Crippen LogP contribution in [0.2, 0.25) is 0 Å². The van der Waals surface area contributed by atoms with Gasteiger partial charge in [-0.1, -0.05) is 57.8 Å². The van der Waals surface area contributed by atoms with E-state index in [2.05, 4.69) is 18.8 Å². The second-order valence-corrected chi connectivity index (χ2v) is 9.57. The minimum Gasteiger partial charge on any atom is -0.487 e. The molecule has 37 heavy (non-hydrogen) atoms. The van der Waals surface area contributed by atoms with Gasteiger partial charge in [0.25, 0.3) is 0 Å². The highest BCUT2D eigenvalue weighted by molar-refractivity contribution is 5.75. The molecule has 0 bridgehead atoms. The number of carbonyl (C=O) groups is 1. The first kappa shape index (κ1) is 28.6. The minimum absolute atomic E-state index is 0.0528. The fraction of sp³-hybridized carbons (Fsp3) is 0.500. The lowest BCUT2D eigenvalue weighted by molar-refractivity contribution is -0.140. The van der Waals surface area contributed by atoms with Gasteiger partial charge in [0.05, 0.1) is 12.5 Å². The summed E-state index contributed by atoms with van der Waals surface area (Å²) in [7, 11) is 0. The number of hydrogen-bond donors (Lipinski definition) is 0. The molecule has 1 saturated carbocycles. The monoisotopic (exact) mass is 518 g/mol. The lowest BCUT2D eigenvalue weighted by atomic mass is 9.80. The van der Waals surface area contributed by atoms with Gasteiger partial charge in [-0.2, -0.15) is 8.78 Å². The molecule has 0 radical (unpaired) electrons. The Morgan fingerprint density at radius 3 is 2.05 bits per heavy atom. The van der Waals surface area contributed by atoms with E-state index in [1.165, 1.54) is 43.5 Å². The van der Waals surface area contributed by atoms with Crippen LogP contribution < -0.4 is 9.47 Å². The number of ether oxygens (including phenoxy) is 2. The first-order valence-electron chi connectivity index (χ1n) is 13.2. The van der Waals surface area contributed by atoms with E-state index in [-0.39, 0.29) is 18.5 Å². The Labute approximate surface area is 216 Å². The van der Waals surface area contributed by atoms with E-state index in [1.807, 2.05) is 6.92 Å². The van der Waals surface area contributed by atoms with Crippen molar-refractivity contribution in [3.8, 4) is 23.3 Å². The summed E-state index contributed by atoms with van der Waals surface area (Å²) in [6.07, 6.45) is 9.45. The lowest BCUT2D eigenvalue weighted by Crippen LogP contribution is -2.25. The van der Waals surface area contributed by atoms with Crippen LogP contribution in [0.4, 0.5) is 17.6 Å². The van der Waals surface area contributed by atoms with E-state index in [9.17, 15) is 22.4 Å². The molecule has 0 unspecified atom stereocenters. The number of unbranched alkanes of at least 4 members (excludes halogenated alkanes) is 3. The summed E-state index contributed by atoms with van der Waals surface area (Å²) < 4.78 is 67.9. The van der Waals surface area contributed by atoms with Crippen molar-refractivity contribution in [2.75, 3.05) is 6.61 Å². The van der Waals surface area contributed by atoms with Crippen molar-refractivity contribution in [3.63, 3.8) is 0 Å². The fourth-order valence-electron chi connectivity index (χ4n) is 4.49. The molecule has 0 heterocycles. The van der Waals surface area contributed by atoms with Gasteiger partial charge in [-0.25, -0.2) is 8.78 Å². The molecule has 7 heteroatoms. The Bertz CT molecular complexity index is 1080. The number of hydrogen-bond acceptors (Lipinski definition) is 3. The van der Waals surface area contributed by atoms with Gasteiger partial charge in [0.1, 0.15) is 11.3 Å². The van der Waals surface area contributed by atoms with Crippen LogP contribution in [-0.2, 0) is 4.79 Å². The second kappa shape index (κ2) is 14.1. The Kier molecular flexibility index (Phi) is 10.9. The van der Waals surface area contributed by atoms with Crippen molar-refractivity contribution in [2.24, 2.45) is 11.8 Å². The number of rotatable bonds is 10. The highest BCUT2D eigenvalue weighted by atomic mass is 19.2. The lowest BCUT2D eigenvalue weighted by Gasteiger charge is -2.27. The van der Waals surface area contributed by atoms with Crippen LogP contribution in [0, 0.1) is 46.9 Å². The quantitative estimate of drug-likeness (QED) is 0.0796. The molecular weight excluding hydrogens is 484 g/mol. The molecule has 0 aliphatic heterocycles. The fourth-order valence-corrected chi connectivity index (χ4v) is 4.49. The Hall–Kier alpha value is -3.01. The van der Waals surface area contributed by atoms with Crippen LogP contribution in [0.1, 0.15) is 89.2 Å². The number of benzene rings is 2. The summed E-state index contributed by atoms with van der Waals surface area (Å²) in [4.78, 5) is 12.5. The number of carbonyl (C=O) groups excluding carboxylic acids is 1. The average Bonchev–Trinajstić information content (AvgIpc) is 2.91. The van der Waals surface area contributed by atoms with E-state index in [0.717, 1.165) is 38.5 Å². The smallest absolute Gasteiger partial charge is 0.314 e. The van der Waals surface area contributed by atoms with Crippen LogP contribution in [0.25, 0.3) is 0 Å². The Morgan fingerprint density at radius 2 is 1.46 bits per heavy atom. The van der Waals surface area contributed by atoms with Gasteiger partial charge in [0.15, 0.2) is 17.4 Å². The second-order valence-electron chi connectivity index (χ2n) is 9.57. The minimum atomic E-state index is -1.61. The van der Waals surface area contributed by atoms with Gasteiger partial charge in [-0.05, 0) is 62.3 Å². The largest absolute Gasteiger partial charge is 0.487 e. The summed E-state index contributed by atoms with van der Waals surface area (Å²) >= 11 is 0. The molecule has 0 aromatic heterocycles. The molecule has 0 saturated heterocycles. The number of halogens is 4. The summed E-state index contributed by atoms with van der Waals surface area (Å²) in [6, 6.07) is 6.06. The molecule has 0 N–H and O–H groups in total. The third-order valence-electron chi connectivity index (χ3n) is 6.77. The molecule has 0 spiro atoms. The zero-order chi connectivity index (χ0) is 26.8. The predicted molar refractivity (Wildman–Crippen MR) is 134 cm³/mol. The van der Waals surface area contributed by atoms with Crippen molar-refractivity contribution in [1.29, 1.82) is 0 Å². The average molecular weight is 519 g/mol. The van der Waals surface area contributed by atoms with E-state index < -0.39 is 34.6 Å². The van der Waals surface area contributed by atoms with Crippen molar-refractivity contribution < 1.29 is 31.8 Å². The van der Waals surface area contributed by atoms with Crippen molar-refractivity contribution in [2.45, 2.75) is 78.1 Å². The standard InChI is InChI=1S/C30H34F4O3/c1-3-5-7-19-36-29-27(33)25(31)24(26(32)28(29)34)18-13-21-11-16-23(17-12-21)37-30(35)22-14-9-20(10-15-22)8-6-4-2/h11-12,16-17,20,22H,3-10,14-15,19H2,1-2H3. The SMILES string of the molecule is CCCCCOc1c(F)c(F)c(C#Cc2ccc(OC(=O)C3CCC(CCCC)CC3)cc2)c(F)c1F. The third-order valence-corrected chi connectivity index (χ3v) is 6.77. The van der Waals surface area contributed by atoms with Gasteiger partial charge >= 0.3 is 5.97 Å². The summed E-state index contributed by atoms with van der Waals surface area (Å²) in [5.41, 5.74) is -0.684. The van der Waals surface area contributed by atoms with Crippen LogP contribution >= 0.6 is 0 Å². The van der Waals surface area contributed by atoms with E-state index >= 15 is 0 Å². The van der Waals surface area contributed by atoms with Gasteiger partial charge < -0.3 is 9.47 Å². The zero-order valence-corrected chi connectivity index (χ0v) is 21.5. The molecule has 1 fully saturated rings. The summed E-state index contributed by atoms with van der Waals surface area (Å²) in [6.45, 7) is 4.07. The molecule has 3 nitrogen and oxygen atoms in total. The molecule has 200 valence electrons. The molecule has 1 aliphatic rings. The molecule has 2 aromatic carbocycles. The molecule has 0 amide bonds. The topological polar surface area (TPSA) is 35.5 Å². The van der Waals surface area contributed by atoms with Crippen LogP contribution in [0.15, 0.2) is 24.3 Å². The molecule has 3 rings (SSSR count).